The largest absolute Gasteiger partial charge is 0.494 e. The fourth-order valence-corrected chi connectivity index (χ4v) is 4.72. The van der Waals surface area contributed by atoms with Gasteiger partial charge < -0.3 is 25.5 Å². The summed E-state index contributed by atoms with van der Waals surface area (Å²) in [5.74, 6) is 1.73. The number of amides is 1. The van der Waals surface area contributed by atoms with Crippen molar-refractivity contribution in [1.82, 2.24) is 16.0 Å². The molecule has 2 unspecified atom stereocenters. The van der Waals surface area contributed by atoms with Gasteiger partial charge in [-0.2, -0.15) is 0 Å². The van der Waals surface area contributed by atoms with Gasteiger partial charge in [-0.15, -0.1) is 0 Å². The van der Waals surface area contributed by atoms with E-state index in [0.717, 1.165) is 68.3 Å². The van der Waals surface area contributed by atoms with E-state index in [1.54, 1.807) is 0 Å². The maximum atomic E-state index is 12.6. The third kappa shape index (κ3) is 12.6. The van der Waals surface area contributed by atoms with Crippen molar-refractivity contribution in [1.29, 1.82) is 0 Å². The molecule has 3 N–H and O–H groups in total. The smallest absolute Gasteiger partial charge is 0.251 e. The molecule has 1 amide bonds. The van der Waals surface area contributed by atoms with E-state index in [2.05, 4.69) is 36.7 Å². The van der Waals surface area contributed by atoms with Crippen LogP contribution in [-0.4, -0.2) is 51.0 Å². The highest BCUT2D eigenvalue weighted by molar-refractivity contribution is 5.96. The second-order valence-corrected chi connectivity index (χ2v) is 9.79. The van der Waals surface area contributed by atoms with Gasteiger partial charge in [-0.05, 0) is 88.2 Å². The minimum absolute atomic E-state index is 0.0218. The summed E-state index contributed by atoms with van der Waals surface area (Å²) >= 11 is 0. The van der Waals surface area contributed by atoms with E-state index < -0.39 is 0 Å². The highest BCUT2D eigenvalue weighted by atomic mass is 16.5. The summed E-state index contributed by atoms with van der Waals surface area (Å²) in [6.07, 6.45) is 12.6. The zero-order valence-electron chi connectivity index (χ0n) is 22.8. The van der Waals surface area contributed by atoms with Gasteiger partial charge in [0.25, 0.3) is 5.91 Å². The van der Waals surface area contributed by atoms with Crippen molar-refractivity contribution in [2.45, 2.75) is 104 Å². The van der Waals surface area contributed by atoms with Crippen molar-refractivity contribution < 1.29 is 14.3 Å². The highest BCUT2D eigenvalue weighted by Crippen LogP contribution is 2.21. The van der Waals surface area contributed by atoms with E-state index in [-0.39, 0.29) is 11.9 Å². The molecular formula is C29H51N3O3. The molecule has 6 heteroatoms. The molecule has 2 aliphatic heterocycles. The molecule has 3 rings (SSSR count). The van der Waals surface area contributed by atoms with Crippen LogP contribution in [0, 0.1) is 12.8 Å². The quantitative estimate of drug-likeness (QED) is 0.362. The normalized spacial score (nSPS) is 19.7. The van der Waals surface area contributed by atoms with E-state index >= 15 is 0 Å². The summed E-state index contributed by atoms with van der Waals surface area (Å²) in [5, 5.41) is 10.0. The molecule has 2 aliphatic rings. The van der Waals surface area contributed by atoms with Gasteiger partial charge in [0.1, 0.15) is 12.5 Å². The standard InChI is InChI=1S/C22H35N3O2.C6H14.CH2O/c1-3-18-14-19(15-24-18)25-22(26)21-7-6-20(13-16(21)2)27-12-4-5-17-8-10-23-11-9-17;1-3-5-6-4-2;1-2/h6-7,13,17-19,23-24H,3-5,8-12,14-15H2,1-2H3,(H,25,26);3-6H2,1-2H3;1H2. The van der Waals surface area contributed by atoms with Crippen LogP contribution >= 0.6 is 0 Å². The third-order valence-electron chi connectivity index (χ3n) is 6.93. The zero-order chi connectivity index (χ0) is 25.9. The van der Waals surface area contributed by atoms with Gasteiger partial charge in [0.05, 0.1) is 6.61 Å². The first-order valence-corrected chi connectivity index (χ1v) is 13.8. The van der Waals surface area contributed by atoms with Crippen LogP contribution < -0.4 is 20.7 Å². The number of aryl methyl sites for hydroxylation is 1. The molecule has 0 saturated carbocycles. The molecule has 0 bridgehead atoms. The monoisotopic (exact) mass is 489 g/mol. The first-order chi connectivity index (χ1) is 17.1. The molecule has 0 aromatic heterocycles. The number of hydrogen-bond donors (Lipinski definition) is 3. The van der Waals surface area contributed by atoms with E-state index in [4.69, 9.17) is 9.53 Å². The molecule has 1 aromatic carbocycles. The van der Waals surface area contributed by atoms with Crippen molar-refractivity contribution in [2.24, 2.45) is 5.92 Å². The van der Waals surface area contributed by atoms with Crippen molar-refractivity contribution in [3.63, 3.8) is 0 Å². The number of rotatable bonds is 11. The zero-order valence-corrected chi connectivity index (χ0v) is 22.8. The van der Waals surface area contributed by atoms with Gasteiger partial charge in [-0.25, -0.2) is 0 Å². The number of benzene rings is 1. The van der Waals surface area contributed by atoms with Crippen molar-refractivity contribution >= 4 is 12.7 Å². The van der Waals surface area contributed by atoms with Crippen LogP contribution in [-0.2, 0) is 4.79 Å². The van der Waals surface area contributed by atoms with Gasteiger partial charge in [-0.3, -0.25) is 4.79 Å². The number of carbonyl (C=O) groups is 2. The number of piperidine rings is 1. The highest BCUT2D eigenvalue weighted by Gasteiger charge is 2.24. The van der Waals surface area contributed by atoms with Crippen LogP contribution in [0.15, 0.2) is 18.2 Å². The van der Waals surface area contributed by atoms with Crippen molar-refractivity contribution in [3.05, 3.63) is 29.3 Å². The Morgan fingerprint density at radius 3 is 2.34 bits per heavy atom. The van der Waals surface area contributed by atoms with E-state index in [9.17, 15) is 4.79 Å². The lowest BCUT2D eigenvalue weighted by atomic mass is 9.93. The molecule has 0 aliphatic carbocycles. The van der Waals surface area contributed by atoms with Gasteiger partial charge in [-0.1, -0.05) is 46.5 Å². The molecule has 0 radical (unpaired) electrons. The van der Waals surface area contributed by atoms with Crippen LogP contribution in [0.2, 0.25) is 0 Å². The summed E-state index contributed by atoms with van der Waals surface area (Å²) in [6, 6.07) is 6.56. The Balaban J connectivity index is 0.000000670. The fraction of sp³-hybridized carbons (Fsp3) is 0.724. The maximum absolute atomic E-state index is 12.6. The van der Waals surface area contributed by atoms with Crippen LogP contribution in [0.1, 0.15) is 101 Å². The summed E-state index contributed by atoms with van der Waals surface area (Å²) in [5.41, 5.74) is 1.72. The number of nitrogens with one attached hydrogen (secondary N) is 3. The molecule has 35 heavy (non-hydrogen) atoms. The Kier molecular flexibility index (Phi) is 17.1. The van der Waals surface area contributed by atoms with Crippen molar-refractivity contribution in [2.75, 3.05) is 26.2 Å². The molecule has 1 aromatic rings. The average Bonchev–Trinajstić information content (AvgIpc) is 3.35. The molecule has 2 fully saturated rings. The average molecular weight is 490 g/mol. The lowest BCUT2D eigenvalue weighted by Crippen LogP contribution is -2.36. The Labute approximate surface area is 214 Å². The second kappa shape index (κ2) is 19.3. The molecule has 6 nitrogen and oxygen atoms in total. The minimum atomic E-state index is 0.0218. The Morgan fingerprint density at radius 2 is 1.77 bits per heavy atom. The topological polar surface area (TPSA) is 79.5 Å². The number of hydrogen-bond acceptors (Lipinski definition) is 5. The Morgan fingerprint density at radius 1 is 1.09 bits per heavy atom. The summed E-state index contributed by atoms with van der Waals surface area (Å²) in [4.78, 5) is 20.6. The fourth-order valence-electron chi connectivity index (χ4n) is 4.72. The predicted molar refractivity (Wildman–Crippen MR) is 146 cm³/mol. The van der Waals surface area contributed by atoms with Gasteiger partial charge in [0.2, 0.25) is 0 Å². The molecule has 2 saturated heterocycles. The lowest BCUT2D eigenvalue weighted by Gasteiger charge is -2.22. The van der Waals surface area contributed by atoms with E-state index in [0.29, 0.717) is 6.04 Å². The van der Waals surface area contributed by atoms with Gasteiger partial charge in [0, 0.05) is 24.2 Å². The van der Waals surface area contributed by atoms with E-state index in [1.807, 2.05) is 31.9 Å². The van der Waals surface area contributed by atoms with Gasteiger partial charge in [0.15, 0.2) is 0 Å². The Bertz CT molecular complexity index is 688. The number of carbonyl (C=O) groups excluding carboxylic acids is 2. The SMILES string of the molecule is C=O.CCC1CC(NC(=O)c2ccc(OCCCC3CCNCC3)cc2C)CN1.CCCCCC. The predicted octanol–water partition coefficient (Wildman–Crippen LogP) is 5.43. The second-order valence-electron chi connectivity index (χ2n) is 9.79. The Hall–Kier alpha value is -1.92. The van der Waals surface area contributed by atoms with Crippen molar-refractivity contribution in [3.8, 4) is 5.75 Å². The van der Waals surface area contributed by atoms with Crippen LogP contribution in [0.5, 0.6) is 5.75 Å². The van der Waals surface area contributed by atoms with Gasteiger partial charge >= 0.3 is 0 Å². The molecule has 0 spiro atoms. The number of ether oxygens (including phenoxy) is 1. The van der Waals surface area contributed by atoms with Crippen LogP contribution in [0.25, 0.3) is 0 Å². The number of unbranched alkanes of at least 4 members (excludes halogenated alkanes) is 3. The lowest BCUT2D eigenvalue weighted by molar-refractivity contribution is -0.0980. The summed E-state index contributed by atoms with van der Waals surface area (Å²) in [7, 11) is 0. The van der Waals surface area contributed by atoms with E-state index in [1.165, 1.54) is 44.9 Å². The third-order valence-corrected chi connectivity index (χ3v) is 6.93. The minimum Gasteiger partial charge on any atom is -0.494 e. The first-order valence-electron chi connectivity index (χ1n) is 13.8. The summed E-state index contributed by atoms with van der Waals surface area (Å²) in [6.45, 7) is 14.6. The van der Waals surface area contributed by atoms with Crippen LogP contribution in [0.3, 0.4) is 0 Å². The maximum Gasteiger partial charge on any atom is 0.251 e. The molecular weight excluding hydrogens is 438 g/mol. The van der Waals surface area contributed by atoms with Crippen LogP contribution in [0.4, 0.5) is 0 Å². The molecule has 2 atom stereocenters. The molecule has 2 heterocycles. The molecule has 200 valence electrons. The first kappa shape index (κ1) is 31.1. The summed E-state index contributed by atoms with van der Waals surface area (Å²) < 4.78 is 5.92.